The number of nitrogens with two attached hydrogens (primary N) is 1. The van der Waals surface area contributed by atoms with E-state index < -0.39 is 0 Å². The smallest absolute Gasteiger partial charge is 0.245 e. The lowest BCUT2D eigenvalue weighted by Gasteiger charge is -2.10. The fourth-order valence-electron chi connectivity index (χ4n) is 1.90. The molecule has 2 aromatic heterocycles. The quantitative estimate of drug-likeness (QED) is 0.778. The van der Waals surface area contributed by atoms with Crippen LogP contribution in [0.2, 0.25) is 0 Å². The second-order valence-electron chi connectivity index (χ2n) is 4.30. The van der Waals surface area contributed by atoms with Crippen molar-refractivity contribution in [1.29, 1.82) is 0 Å². The van der Waals surface area contributed by atoms with E-state index >= 15 is 0 Å². The van der Waals surface area contributed by atoms with Crippen LogP contribution in [0.25, 0.3) is 5.52 Å². The number of benzene rings is 1. The number of ether oxygens (including phenoxy) is 1. The van der Waals surface area contributed by atoms with Crippen molar-refractivity contribution in [3.8, 4) is 11.6 Å². The van der Waals surface area contributed by atoms with E-state index in [-0.39, 0.29) is 0 Å². The standard InChI is InChI=1S/C14H14N4O/c1-10-2-3-11(9-15)8-13(10)19-14-12-4-5-17-18(12)7-6-16-14/h2-8H,9,15H2,1H3. The van der Waals surface area contributed by atoms with Crippen LogP contribution in [0.4, 0.5) is 0 Å². The molecule has 0 unspecified atom stereocenters. The molecule has 3 aromatic rings. The molecular weight excluding hydrogens is 240 g/mol. The van der Waals surface area contributed by atoms with Crippen molar-refractivity contribution in [3.05, 3.63) is 54.0 Å². The van der Waals surface area contributed by atoms with E-state index in [1.807, 2.05) is 31.2 Å². The lowest BCUT2D eigenvalue weighted by molar-refractivity contribution is 0.461. The first-order chi connectivity index (χ1) is 9.28. The molecule has 0 aliphatic rings. The highest BCUT2D eigenvalue weighted by Gasteiger charge is 2.08. The Balaban J connectivity index is 2.03. The van der Waals surface area contributed by atoms with Crippen LogP contribution in [0.3, 0.4) is 0 Å². The second-order valence-corrected chi connectivity index (χ2v) is 4.30. The Morgan fingerprint density at radius 2 is 2.16 bits per heavy atom. The van der Waals surface area contributed by atoms with Gasteiger partial charge in [0.2, 0.25) is 5.88 Å². The summed E-state index contributed by atoms with van der Waals surface area (Å²) in [6, 6.07) is 7.80. The molecule has 0 saturated carbocycles. The maximum atomic E-state index is 5.90. The fourth-order valence-corrected chi connectivity index (χ4v) is 1.90. The molecule has 3 rings (SSSR count). The normalized spacial score (nSPS) is 10.8. The van der Waals surface area contributed by atoms with E-state index in [9.17, 15) is 0 Å². The van der Waals surface area contributed by atoms with Gasteiger partial charge in [0.25, 0.3) is 0 Å². The first-order valence-corrected chi connectivity index (χ1v) is 6.04. The van der Waals surface area contributed by atoms with Crippen molar-refractivity contribution < 1.29 is 4.74 Å². The molecule has 5 nitrogen and oxygen atoms in total. The molecule has 5 heteroatoms. The van der Waals surface area contributed by atoms with Crippen LogP contribution in [0.5, 0.6) is 11.6 Å². The highest BCUT2D eigenvalue weighted by Crippen LogP contribution is 2.27. The third-order valence-electron chi connectivity index (χ3n) is 2.98. The summed E-state index contributed by atoms with van der Waals surface area (Å²) in [6.07, 6.45) is 5.16. The molecule has 1 aromatic carbocycles. The average Bonchev–Trinajstić information content (AvgIpc) is 2.90. The topological polar surface area (TPSA) is 65.4 Å². The van der Waals surface area contributed by atoms with Gasteiger partial charge < -0.3 is 10.5 Å². The molecule has 0 amide bonds. The largest absolute Gasteiger partial charge is 0.437 e. The first kappa shape index (κ1) is 11.7. The molecule has 2 N–H and O–H groups in total. The van der Waals surface area contributed by atoms with Crippen LogP contribution in [-0.4, -0.2) is 14.6 Å². The summed E-state index contributed by atoms with van der Waals surface area (Å²) in [6.45, 7) is 2.48. The molecule has 0 fully saturated rings. The molecule has 19 heavy (non-hydrogen) atoms. The minimum Gasteiger partial charge on any atom is -0.437 e. The van der Waals surface area contributed by atoms with E-state index in [1.54, 1.807) is 23.1 Å². The van der Waals surface area contributed by atoms with Crippen molar-refractivity contribution in [2.75, 3.05) is 0 Å². The van der Waals surface area contributed by atoms with Crippen LogP contribution in [0.1, 0.15) is 11.1 Å². The van der Waals surface area contributed by atoms with Gasteiger partial charge in [-0.25, -0.2) is 9.50 Å². The number of hydrogen-bond acceptors (Lipinski definition) is 4. The monoisotopic (exact) mass is 254 g/mol. The van der Waals surface area contributed by atoms with Crippen molar-refractivity contribution in [3.63, 3.8) is 0 Å². The lowest BCUT2D eigenvalue weighted by atomic mass is 10.1. The Bertz CT molecular complexity index is 720. The molecule has 0 atom stereocenters. The van der Waals surface area contributed by atoms with E-state index in [0.717, 1.165) is 22.4 Å². The predicted octanol–water partition coefficient (Wildman–Crippen LogP) is 2.29. The maximum Gasteiger partial charge on any atom is 0.245 e. The highest BCUT2D eigenvalue weighted by molar-refractivity contribution is 5.56. The fraction of sp³-hybridized carbons (Fsp3) is 0.143. The van der Waals surface area contributed by atoms with Crippen LogP contribution in [0, 0.1) is 6.92 Å². The summed E-state index contributed by atoms with van der Waals surface area (Å²) in [5, 5.41) is 4.15. The van der Waals surface area contributed by atoms with Gasteiger partial charge in [0.05, 0.1) is 6.20 Å². The molecule has 0 spiro atoms. The molecule has 0 radical (unpaired) electrons. The minimum absolute atomic E-state index is 0.487. The zero-order chi connectivity index (χ0) is 13.2. The second kappa shape index (κ2) is 4.70. The maximum absolute atomic E-state index is 5.90. The predicted molar refractivity (Wildman–Crippen MR) is 72.1 cm³/mol. The third-order valence-corrected chi connectivity index (χ3v) is 2.98. The zero-order valence-electron chi connectivity index (χ0n) is 10.6. The Labute approximate surface area is 110 Å². The summed E-state index contributed by atoms with van der Waals surface area (Å²) in [4.78, 5) is 4.26. The van der Waals surface area contributed by atoms with Crippen molar-refractivity contribution in [2.24, 2.45) is 5.73 Å². The molecular formula is C14H14N4O. The Hall–Kier alpha value is -2.40. The molecule has 2 heterocycles. The summed E-state index contributed by atoms with van der Waals surface area (Å²) < 4.78 is 7.62. The third kappa shape index (κ3) is 2.15. The van der Waals surface area contributed by atoms with E-state index in [2.05, 4.69) is 10.1 Å². The van der Waals surface area contributed by atoms with Gasteiger partial charge in [0.15, 0.2) is 0 Å². The molecule has 96 valence electrons. The van der Waals surface area contributed by atoms with Crippen LogP contribution < -0.4 is 10.5 Å². The van der Waals surface area contributed by atoms with Gasteiger partial charge in [-0.2, -0.15) is 5.10 Å². The first-order valence-electron chi connectivity index (χ1n) is 6.04. The number of aromatic nitrogens is 3. The van der Waals surface area contributed by atoms with Crippen molar-refractivity contribution in [2.45, 2.75) is 13.5 Å². The molecule has 0 bridgehead atoms. The van der Waals surface area contributed by atoms with Gasteiger partial charge in [-0.05, 0) is 30.2 Å². The molecule has 0 saturated heterocycles. The number of nitrogens with zero attached hydrogens (tertiary/aromatic N) is 3. The van der Waals surface area contributed by atoms with E-state index in [0.29, 0.717) is 12.4 Å². The van der Waals surface area contributed by atoms with Gasteiger partial charge >= 0.3 is 0 Å². The van der Waals surface area contributed by atoms with Crippen LogP contribution >= 0.6 is 0 Å². The Kier molecular flexibility index (Phi) is 2.89. The molecule has 0 aliphatic carbocycles. The summed E-state index contributed by atoms with van der Waals surface area (Å²) >= 11 is 0. The Morgan fingerprint density at radius 3 is 3.00 bits per heavy atom. The SMILES string of the molecule is Cc1ccc(CN)cc1Oc1nccn2nccc12. The zero-order valence-corrected chi connectivity index (χ0v) is 10.6. The van der Waals surface area contributed by atoms with Gasteiger partial charge in [0, 0.05) is 18.9 Å². The van der Waals surface area contributed by atoms with Crippen molar-refractivity contribution >= 4 is 5.52 Å². The molecule has 0 aliphatic heterocycles. The van der Waals surface area contributed by atoms with Gasteiger partial charge in [-0.3, -0.25) is 0 Å². The number of rotatable bonds is 3. The summed E-state index contributed by atoms with van der Waals surface area (Å²) in [7, 11) is 0. The average molecular weight is 254 g/mol. The van der Waals surface area contributed by atoms with Crippen LogP contribution in [-0.2, 0) is 6.54 Å². The van der Waals surface area contributed by atoms with Gasteiger partial charge in [0.1, 0.15) is 11.3 Å². The van der Waals surface area contributed by atoms with E-state index in [4.69, 9.17) is 10.5 Å². The van der Waals surface area contributed by atoms with Crippen molar-refractivity contribution in [1.82, 2.24) is 14.6 Å². The van der Waals surface area contributed by atoms with Crippen LogP contribution in [0.15, 0.2) is 42.9 Å². The summed E-state index contributed by atoms with van der Waals surface area (Å²) in [5.74, 6) is 1.31. The number of aryl methyl sites for hydroxylation is 1. The lowest BCUT2D eigenvalue weighted by Crippen LogP contribution is -1.99. The number of fused-ring (bicyclic) bond motifs is 1. The summed E-state index contributed by atoms with van der Waals surface area (Å²) in [5.41, 5.74) is 8.56. The number of hydrogen-bond donors (Lipinski definition) is 1. The van der Waals surface area contributed by atoms with E-state index in [1.165, 1.54) is 0 Å². The van der Waals surface area contributed by atoms with Gasteiger partial charge in [-0.1, -0.05) is 12.1 Å². The van der Waals surface area contributed by atoms with Gasteiger partial charge in [-0.15, -0.1) is 0 Å². The highest BCUT2D eigenvalue weighted by atomic mass is 16.5. The Morgan fingerprint density at radius 1 is 1.26 bits per heavy atom. The minimum atomic E-state index is 0.487.